The number of carbonyl (C=O) groups excluding carboxylic acids is 1. The first-order valence-electron chi connectivity index (χ1n) is 10.2. The Morgan fingerprint density at radius 1 is 0.806 bits per heavy atom. The van der Waals surface area contributed by atoms with Crippen molar-refractivity contribution in [2.75, 3.05) is 0 Å². The number of esters is 1. The van der Waals surface area contributed by atoms with E-state index < -0.39 is 4.92 Å². The maximum atomic E-state index is 12.2. The van der Waals surface area contributed by atoms with Gasteiger partial charge < -0.3 is 4.74 Å². The van der Waals surface area contributed by atoms with E-state index >= 15 is 0 Å². The molecule has 0 aromatic heterocycles. The molecule has 0 fully saturated rings. The molecule has 5 aromatic rings. The number of aryl methyl sites for hydroxylation is 1. The van der Waals surface area contributed by atoms with Gasteiger partial charge >= 0.3 is 5.97 Å². The Bertz CT molecular complexity index is 1410. The Kier molecular flexibility index (Phi) is 4.71. The quantitative estimate of drug-likeness (QED) is 0.107. The standard InChI is InChI=1S/C26H19NO4/c28-24(31-22-14-12-21(13-15-22)27(29)30)6-2-3-17-7-8-20-10-9-18-4-1-5-19-11-16-23(17)26(20)25(18)19/h1,4-5,7-16H,2-3,6H2. The van der Waals surface area contributed by atoms with Gasteiger partial charge in [0.1, 0.15) is 5.75 Å². The third-order valence-corrected chi connectivity index (χ3v) is 5.73. The average Bonchev–Trinajstić information content (AvgIpc) is 2.78. The van der Waals surface area contributed by atoms with Gasteiger partial charge in [-0.1, -0.05) is 54.6 Å². The fraction of sp³-hybridized carbons (Fsp3) is 0.115. The number of carbonyl (C=O) groups is 1. The molecule has 5 aromatic carbocycles. The molecule has 0 aliphatic carbocycles. The summed E-state index contributed by atoms with van der Waals surface area (Å²) in [4.78, 5) is 22.4. The minimum atomic E-state index is -0.484. The molecule has 0 saturated carbocycles. The number of nitro benzene ring substituents is 1. The summed E-state index contributed by atoms with van der Waals surface area (Å²) in [5, 5.41) is 18.2. The van der Waals surface area contributed by atoms with E-state index in [1.807, 2.05) is 0 Å². The third-order valence-electron chi connectivity index (χ3n) is 5.73. The lowest BCUT2D eigenvalue weighted by Gasteiger charge is -2.13. The maximum Gasteiger partial charge on any atom is 0.311 e. The zero-order chi connectivity index (χ0) is 21.4. The van der Waals surface area contributed by atoms with E-state index in [0.29, 0.717) is 12.2 Å². The van der Waals surface area contributed by atoms with Crippen LogP contribution >= 0.6 is 0 Å². The van der Waals surface area contributed by atoms with E-state index in [9.17, 15) is 14.9 Å². The summed E-state index contributed by atoms with van der Waals surface area (Å²) >= 11 is 0. The Morgan fingerprint density at radius 3 is 2.16 bits per heavy atom. The van der Waals surface area contributed by atoms with Gasteiger partial charge in [0.05, 0.1) is 4.92 Å². The van der Waals surface area contributed by atoms with Crippen molar-refractivity contribution in [3.05, 3.63) is 94.5 Å². The second kappa shape index (κ2) is 7.69. The van der Waals surface area contributed by atoms with Gasteiger partial charge in [-0.25, -0.2) is 0 Å². The molecule has 0 amide bonds. The van der Waals surface area contributed by atoms with E-state index in [0.717, 1.165) is 6.42 Å². The van der Waals surface area contributed by atoms with Gasteiger partial charge in [-0.05, 0) is 62.9 Å². The van der Waals surface area contributed by atoms with Gasteiger partial charge in [-0.2, -0.15) is 0 Å². The van der Waals surface area contributed by atoms with Crippen LogP contribution in [0.25, 0.3) is 32.3 Å². The Morgan fingerprint density at radius 2 is 1.45 bits per heavy atom. The van der Waals surface area contributed by atoms with Gasteiger partial charge in [0.15, 0.2) is 0 Å². The predicted molar refractivity (Wildman–Crippen MR) is 122 cm³/mol. The molecule has 31 heavy (non-hydrogen) atoms. The Hall–Kier alpha value is -3.99. The molecule has 0 unspecified atom stereocenters. The number of benzene rings is 5. The van der Waals surface area contributed by atoms with Gasteiger partial charge in [-0.15, -0.1) is 0 Å². The van der Waals surface area contributed by atoms with Crippen molar-refractivity contribution < 1.29 is 14.5 Å². The number of nitro groups is 1. The number of rotatable bonds is 6. The van der Waals surface area contributed by atoms with Crippen molar-refractivity contribution in [1.29, 1.82) is 0 Å². The maximum absolute atomic E-state index is 12.2. The van der Waals surface area contributed by atoms with E-state index in [2.05, 4.69) is 54.6 Å². The molecule has 0 N–H and O–H groups in total. The molecule has 0 bridgehead atoms. The van der Waals surface area contributed by atoms with Crippen LogP contribution in [0.5, 0.6) is 5.75 Å². The minimum absolute atomic E-state index is 0.0335. The average molecular weight is 409 g/mol. The summed E-state index contributed by atoms with van der Waals surface area (Å²) in [7, 11) is 0. The Balaban J connectivity index is 1.31. The normalized spacial score (nSPS) is 11.4. The Labute approximate surface area is 178 Å². The lowest BCUT2D eigenvalue weighted by molar-refractivity contribution is -0.384. The molecule has 5 nitrogen and oxygen atoms in total. The van der Waals surface area contributed by atoms with Gasteiger partial charge in [0, 0.05) is 18.6 Å². The fourth-order valence-electron chi connectivity index (χ4n) is 4.26. The van der Waals surface area contributed by atoms with Gasteiger partial charge in [0.2, 0.25) is 0 Å². The first-order chi connectivity index (χ1) is 15.1. The van der Waals surface area contributed by atoms with Crippen molar-refractivity contribution >= 4 is 44.0 Å². The largest absolute Gasteiger partial charge is 0.427 e. The van der Waals surface area contributed by atoms with Crippen LogP contribution in [0.15, 0.2) is 78.9 Å². The molecule has 0 atom stereocenters. The van der Waals surface area contributed by atoms with Crippen LogP contribution in [0.1, 0.15) is 18.4 Å². The monoisotopic (exact) mass is 409 g/mol. The molecule has 152 valence electrons. The number of non-ortho nitro benzene ring substituents is 1. The number of nitrogens with zero attached hydrogens (tertiary/aromatic N) is 1. The van der Waals surface area contributed by atoms with Crippen LogP contribution in [-0.2, 0) is 11.2 Å². The molecule has 0 aliphatic heterocycles. The molecule has 0 spiro atoms. The zero-order valence-electron chi connectivity index (χ0n) is 16.7. The second-order valence-corrected chi connectivity index (χ2v) is 7.66. The van der Waals surface area contributed by atoms with Crippen molar-refractivity contribution in [2.24, 2.45) is 0 Å². The first kappa shape index (κ1) is 19.0. The highest BCUT2D eigenvalue weighted by atomic mass is 16.6. The minimum Gasteiger partial charge on any atom is -0.427 e. The second-order valence-electron chi connectivity index (χ2n) is 7.66. The van der Waals surface area contributed by atoms with Crippen LogP contribution in [0.3, 0.4) is 0 Å². The van der Waals surface area contributed by atoms with Gasteiger partial charge in [-0.3, -0.25) is 14.9 Å². The summed E-state index contributed by atoms with van der Waals surface area (Å²) in [6.07, 6.45) is 1.71. The smallest absolute Gasteiger partial charge is 0.311 e. The fourth-order valence-corrected chi connectivity index (χ4v) is 4.26. The third kappa shape index (κ3) is 3.55. The van der Waals surface area contributed by atoms with Crippen molar-refractivity contribution in [3.63, 3.8) is 0 Å². The number of hydrogen-bond donors (Lipinski definition) is 0. The van der Waals surface area contributed by atoms with Crippen LogP contribution in [0.4, 0.5) is 5.69 Å². The number of ether oxygens (including phenoxy) is 1. The molecule has 5 heteroatoms. The van der Waals surface area contributed by atoms with E-state index in [1.165, 1.54) is 62.1 Å². The van der Waals surface area contributed by atoms with Crippen LogP contribution in [0, 0.1) is 10.1 Å². The lowest BCUT2D eigenvalue weighted by atomic mass is 9.90. The van der Waals surface area contributed by atoms with Crippen molar-refractivity contribution in [1.82, 2.24) is 0 Å². The molecule has 0 heterocycles. The summed E-state index contributed by atoms with van der Waals surface area (Å²) in [6.45, 7) is 0. The van der Waals surface area contributed by atoms with Crippen molar-refractivity contribution in [3.8, 4) is 5.75 Å². The van der Waals surface area contributed by atoms with Crippen LogP contribution in [-0.4, -0.2) is 10.9 Å². The number of hydrogen-bond acceptors (Lipinski definition) is 4. The van der Waals surface area contributed by atoms with Crippen LogP contribution < -0.4 is 4.74 Å². The van der Waals surface area contributed by atoms with E-state index in [4.69, 9.17) is 4.74 Å². The van der Waals surface area contributed by atoms with Crippen LogP contribution in [0.2, 0.25) is 0 Å². The molecular formula is C26H19NO4. The predicted octanol–water partition coefficient (Wildman–Crippen LogP) is 6.42. The first-order valence-corrected chi connectivity index (χ1v) is 10.2. The lowest BCUT2D eigenvalue weighted by Crippen LogP contribution is -2.08. The van der Waals surface area contributed by atoms with Crippen molar-refractivity contribution in [2.45, 2.75) is 19.3 Å². The topological polar surface area (TPSA) is 69.4 Å². The molecule has 5 rings (SSSR count). The van der Waals surface area contributed by atoms with E-state index in [-0.39, 0.29) is 18.1 Å². The molecule has 0 saturated heterocycles. The highest BCUT2D eigenvalue weighted by molar-refractivity contribution is 6.23. The van der Waals surface area contributed by atoms with E-state index in [1.54, 1.807) is 0 Å². The van der Waals surface area contributed by atoms with Gasteiger partial charge in [0.25, 0.3) is 5.69 Å². The summed E-state index contributed by atoms with van der Waals surface area (Å²) < 4.78 is 5.31. The SMILES string of the molecule is O=C(CCCc1ccc2ccc3cccc4ccc1c2c34)Oc1ccc([N+](=O)[O-])cc1. The highest BCUT2D eigenvalue weighted by Crippen LogP contribution is 2.36. The molecular weight excluding hydrogens is 390 g/mol. The summed E-state index contributed by atoms with van der Waals surface area (Å²) in [5.74, 6) is -0.0232. The summed E-state index contributed by atoms with van der Waals surface area (Å²) in [5.41, 5.74) is 1.18. The molecule has 0 aliphatic rings. The highest BCUT2D eigenvalue weighted by Gasteiger charge is 2.12. The summed E-state index contributed by atoms with van der Waals surface area (Å²) in [6, 6.07) is 24.9. The molecule has 0 radical (unpaired) electrons. The zero-order valence-corrected chi connectivity index (χ0v) is 16.7.